The van der Waals surface area contributed by atoms with E-state index in [2.05, 4.69) is 40.8 Å². The number of hydrogen-bond acceptors (Lipinski definition) is 3. The Hall–Kier alpha value is -0.960. The molecule has 0 saturated heterocycles. The summed E-state index contributed by atoms with van der Waals surface area (Å²) in [6.45, 7) is 4.45. The van der Waals surface area contributed by atoms with Crippen molar-refractivity contribution in [1.29, 1.82) is 0 Å². The molecular formula is C10H12N2S. The fourth-order valence-corrected chi connectivity index (χ4v) is 1.94. The van der Waals surface area contributed by atoms with E-state index in [0.717, 1.165) is 17.5 Å². The van der Waals surface area contributed by atoms with E-state index in [9.17, 15) is 0 Å². The molecule has 0 spiro atoms. The van der Waals surface area contributed by atoms with Gasteiger partial charge in [0.15, 0.2) is 0 Å². The minimum absolute atomic E-state index is 0.698. The molecule has 2 nitrogen and oxygen atoms in total. The molecule has 0 radical (unpaired) electrons. The number of aromatic nitrogens is 2. The maximum Gasteiger partial charge on any atom is 0.105 e. The molecule has 2 rings (SSSR count). The molecule has 0 aliphatic heterocycles. The minimum atomic E-state index is 0.698. The molecule has 0 unspecified atom stereocenters. The smallest absolute Gasteiger partial charge is 0.105 e. The van der Waals surface area contributed by atoms with Crippen LogP contribution < -0.4 is 0 Å². The van der Waals surface area contributed by atoms with Gasteiger partial charge >= 0.3 is 0 Å². The molecule has 1 aromatic carbocycles. The van der Waals surface area contributed by atoms with E-state index < -0.39 is 0 Å². The van der Waals surface area contributed by atoms with Crippen LogP contribution in [-0.4, -0.2) is 8.75 Å². The molecule has 0 atom stereocenters. The molecule has 0 fully saturated rings. The van der Waals surface area contributed by atoms with Crippen molar-refractivity contribution in [1.82, 2.24) is 8.75 Å². The van der Waals surface area contributed by atoms with Crippen molar-refractivity contribution < 1.29 is 0 Å². The Morgan fingerprint density at radius 2 is 2.00 bits per heavy atom. The Balaban J connectivity index is 2.37. The third-order valence-corrected chi connectivity index (χ3v) is 2.52. The van der Waals surface area contributed by atoms with Gasteiger partial charge in [-0.1, -0.05) is 19.9 Å². The Labute approximate surface area is 81.9 Å². The van der Waals surface area contributed by atoms with E-state index >= 15 is 0 Å². The molecule has 0 amide bonds. The standard InChI is InChI=1S/C10H12N2S/c1-7(2)5-8-3-4-9-10(6-8)12-13-11-9/h3-4,6-7H,5H2,1-2H3. The highest BCUT2D eigenvalue weighted by molar-refractivity contribution is 7.00. The molecule has 1 aromatic heterocycles. The lowest BCUT2D eigenvalue weighted by Gasteiger charge is -2.03. The van der Waals surface area contributed by atoms with Gasteiger partial charge in [0.2, 0.25) is 0 Å². The van der Waals surface area contributed by atoms with E-state index in [0.29, 0.717) is 5.92 Å². The first kappa shape index (κ1) is 8.63. The van der Waals surface area contributed by atoms with Crippen molar-refractivity contribution in [2.24, 2.45) is 5.92 Å². The van der Waals surface area contributed by atoms with Crippen LogP contribution in [0.15, 0.2) is 18.2 Å². The normalized spacial score (nSPS) is 11.3. The maximum atomic E-state index is 4.22. The van der Waals surface area contributed by atoms with Gasteiger partial charge in [0, 0.05) is 0 Å². The number of hydrogen-bond donors (Lipinski definition) is 0. The van der Waals surface area contributed by atoms with Crippen molar-refractivity contribution in [3.05, 3.63) is 23.8 Å². The third kappa shape index (κ3) is 1.86. The van der Waals surface area contributed by atoms with E-state index in [1.807, 2.05) is 0 Å². The van der Waals surface area contributed by atoms with Crippen molar-refractivity contribution in [2.75, 3.05) is 0 Å². The van der Waals surface area contributed by atoms with Gasteiger partial charge in [-0.25, -0.2) is 0 Å². The van der Waals surface area contributed by atoms with Gasteiger partial charge in [0.05, 0.1) is 11.7 Å². The number of nitrogens with zero attached hydrogens (tertiary/aromatic N) is 2. The van der Waals surface area contributed by atoms with Crippen molar-refractivity contribution in [3.8, 4) is 0 Å². The van der Waals surface area contributed by atoms with E-state index in [-0.39, 0.29) is 0 Å². The Bertz CT molecular complexity index is 406. The number of rotatable bonds is 2. The summed E-state index contributed by atoms with van der Waals surface area (Å²) in [5, 5.41) is 0. The lowest BCUT2D eigenvalue weighted by molar-refractivity contribution is 0.648. The van der Waals surface area contributed by atoms with Crippen LogP contribution in [0, 0.1) is 5.92 Å². The fourth-order valence-electron chi connectivity index (χ4n) is 1.43. The lowest BCUT2D eigenvalue weighted by atomic mass is 10.0. The second-order valence-corrected chi connectivity index (χ2v) is 4.21. The summed E-state index contributed by atoms with van der Waals surface area (Å²) in [4.78, 5) is 0. The maximum absolute atomic E-state index is 4.22. The Morgan fingerprint density at radius 3 is 2.77 bits per heavy atom. The summed E-state index contributed by atoms with van der Waals surface area (Å²) >= 11 is 1.28. The second kappa shape index (κ2) is 3.42. The first-order valence-electron chi connectivity index (χ1n) is 4.47. The van der Waals surface area contributed by atoms with Crippen LogP contribution in [0.3, 0.4) is 0 Å². The molecule has 0 aliphatic rings. The van der Waals surface area contributed by atoms with Crippen LogP contribution in [0.25, 0.3) is 11.0 Å². The lowest BCUT2D eigenvalue weighted by Crippen LogP contribution is -1.93. The zero-order valence-electron chi connectivity index (χ0n) is 7.82. The molecule has 0 aliphatic carbocycles. The van der Waals surface area contributed by atoms with Crippen LogP contribution in [0.1, 0.15) is 19.4 Å². The van der Waals surface area contributed by atoms with Gasteiger partial charge in [0.1, 0.15) is 11.0 Å². The highest BCUT2D eigenvalue weighted by atomic mass is 32.1. The van der Waals surface area contributed by atoms with Crippen LogP contribution >= 0.6 is 11.7 Å². The van der Waals surface area contributed by atoms with Crippen LogP contribution in [-0.2, 0) is 6.42 Å². The number of benzene rings is 1. The SMILES string of the molecule is CC(C)Cc1ccc2nsnc2c1. The minimum Gasteiger partial charge on any atom is -0.173 e. The molecule has 0 bridgehead atoms. The summed E-state index contributed by atoms with van der Waals surface area (Å²) in [6.07, 6.45) is 1.12. The monoisotopic (exact) mass is 192 g/mol. The van der Waals surface area contributed by atoms with Crippen molar-refractivity contribution in [3.63, 3.8) is 0 Å². The van der Waals surface area contributed by atoms with Gasteiger partial charge in [-0.15, -0.1) is 0 Å². The number of fused-ring (bicyclic) bond motifs is 1. The first-order valence-corrected chi connectivity index (χ1v) is 5.20. The largest absolute Gasteiger partial charge is 0.173 e. The van der Waals surface area contributed by atoms with Gasteiger partial charge in [-0.3, -0.25) is 0 Å². The quantitative estimate of drug-likeness (QED) is 0.731. The Kier molecular flexibility index (Phi) is 2.27. The predicted octanol–water partition coefficient (Wildman–Crippen LogP) is 2.89. The molecular weight excluding hydrogens is 180 g/mol. The predicted molar refractivity (Wildman–Crippen MR) is 56.0 cm³/mol. The molecule has 1 heterocycles. The van der Waals surface area contributed by atoms with Gasteiger partial charge in [-0.05, 0) is 30.0 Å². The third-order valence-electron chi connectivity index (χ3n) is 1.96. The highest BCUT2D eigenvalue weighted by Crippen LogP contribution is 2.15. The Morgan fingerprint density at radius 1 is 1.23 bits per heavy atom. The topological polar surface area (TPSA) is 25.8 Å². The molecule has 2 aromatic rings. The highest BCUT2D eigenvalue weighted by Gasteiger charge is 2.01. The summed E-state index contributed by atoms with van der Waals surface area (Å²) < 4.78 is 8.39. The molecule has 0 saturated carbocycles. The fraction of sp³-hybridized carbons (Fsp3) is 0.400. The average Bonchev–Trinajstić information content (AvgIpc) is 2.49. The van der Waals surface area contributed by atoms with Crippen LogP contribution in [0.4, 0.5) is 0 Å². The summed E-state index contributed by atoms with van der Waals surface area (Å²) in [7, 11) is 0. The molecule has 13 heavy (non-hydrogen) atoms. The zero-order valence-corrected chi connectivity index (χ0v) is 8.64. The van der Waals surface area contributed by atoms with Crippen molar-refractivity contribution >= 4 is 22.8 Å². The summed E-state index contributed by atoms with van der Waals surface area (Å²) in [6, 6.07) is 6.33. The second-order valence-electron chi connectivity index (χ2n) is 3.69. The van der Waals surface area contributed by atoms with Crippen LogP contribution in [0.2, 0.25) is 0 Å². The zero-order chi connectivity index (χ0) is 9.26. The first-order chi connectivity index (χ1) is 6.25. The molecule has 3 heteroatoms. The van der Waals surface area contributed by atoms with Crippen LogP contribution in [0.5, 0.6) is 0 Å². The van der Waals surface area contributed by atoms with E-state index in [4.69, 9.17) is 0 Å². The average molecular weight is 192 g/mol. The summed E-state index contributed by atoms with van der Waals surface area (Å²) in [5.41, 5.74) is 3.40. The molecule has 68 valence electrons. The molecule has 0 N–H and O–H groups in total. The van der Waals surface area contributed by atoms with E-state index in [1.165, 1.54) is 17.3 Å². The van der Waals surface area contributed by atoms with Gasteiger partial charge in [-0.2, -0.15) is 8.75 Å². The van der Waals surface area contributed by atoms with Crippen molar-refractivity contribution in [2.45, 2.75) is 20.3 Å². The van der Waals surface area contributed by atoms with Gasteiger partial charge < -0.3 is 0 Å². The van der Waals surface area contributed by atoms with E-state index in [1.54, 1.807) is 0 Å². The summed E-state index contributed by atoms with van der Waals surface area (Å²) in [5.74, 6) is 0.698. The van der Waals surface area contributed by atoms with Gasteiger partial charge in [0.25, 0.3) is 0 Å².